The second-order valence-corrected chi connectivity index (χ2v) is 4.23. The SMILES string of the molecule is CC(O)CCC(=O)N[C@H](C)c1ccc(F)cc1. The molecule has 0 spiro atoms. The molecule has 0 fully saturated rings. The Morgan fingerprint density at radius 2 is 1.94 bits per heavy atom. The zero-order chi connectivity index (χ0) is 12.8. The lowest BCUT2D eigenvalue weighted by molar-refractivity contribution is -0.122. The second-order valence-electron chi connectivity index (χ2n) is 4.23. The monoisotopic (exact) mass is 239 g/mol. The smallest absolute Gasteiger partial charge is 0.220 e. The third-order valence-electron chi connectivity index (χ3n) is 2.54. The number of aliphatic hydroxyl groups excluding tert-OH is 1. The molecule has 1 unspecified atom stereocenters. The van der Waals surface area contributed by atoms with Gasteiger partial charge in [0.1, 0.15) is 5.82 Å². The molecule has 1 amide bonds. The van der Waals surface area contributed by atoms with Gasteiger partial charge in [0.15, 0.2) is 0 Å². The van der Waals surface area contributed by atoms with E-state index in [0.29, 0.717) is 12.8 Å². The first kappa shape index (κ1) is 13.6. The third-order valence-corrected chi connectivity index (χ3v) is 2.54. The van der Waals surface area contributed by atoms with E-state index in [-0.39, 0.29) is 17.8 Å². The summed E-state index contributed by atoms with van der Waals surface area (Å²) in [4.78, 5) is 11.5. The van der Waals surface area contributed by atoms with Crippen molar-refractivity contribution in [2.45, 2.75) is 38.8 Å². The maximum atomic E-state index is 12.7. The quantitative estimate of drug-likeness (QED) is 0.827. The van der Waals surface area contributed by atoms with Crippen LogP contribution in [-0.2, 0) is 4.79 Å². The van der Waals surface area contributed by atoms with Crippen molar-refractivity contribution in [3.63, 3.8) is 0 Å². The van der Waals surface area contributed by atoms with E-state index in [9.17, 15) is 9.18 Å². The van der Waals surface area contributed by atoms with E-state index in [0.717, 1.165) is 5.56 Å². The van der Waals surface area contributed by atoms with Crippen LogP contribution in [0.3, 0.4) is 0 Å². The zero-order valence-corrected chi connectivity index (χ0v) is 10.1. The fraction of sp³-hybridized carbons (Fsp3) is 0.462. The van der Waals surface area contributed by atoms with Gasteiger partial charge < -0.3 is 10.4 Å². The lowest BCUT2D eigenvalue weighted by atomic mass is 10.1. The summed E-state index contributed by atoms with van der Waals surface area (Å²) >= 11 is 0. The Labute approximate surface area is 101 Å². The van der Waals surface area contributed by atoms with Gasteiger partial charge in [0, 0.05) is 6.42 Å². The number of rotatable bonds is 5. The summed E-state index contributed by atoms with van der Waals surface area (Å²) in [6.07, 6.45) is 0.271. The number of aliphatic hydroxyl groups is 1. The maximum absolute atomic E-state index is 12.7. The van der Waals surface area contributed by atoms with Gasteiger partial charge in [0.25, 0.3) is 0 Å². The first-order chi connectivity index (χ1) is 7.99. The molecule has 1 aromatic carbocycles. The molecule has 0 aliphatic heterocycles. The summed E-state index contributed by atoms with van der Waals surface area (Å²) in [6.45, 7) is 3.49. The number of amides is 1. The van der Waals surface area contributed by atoms with Crippen LogP contribution in [-0.4, -0.2) is 17.1 Å². The summed E-state index contributed by atoms with van der Waals surface area (Å²) in [5.41, 5.74) is 0.858. The Balaban J connectivity index is 2.46. The molecule has 0 heterocycles. The van der Waals surface area contributed by atoms with Gasteiger partial charge in [-0.1, -0.05) is 12.1 Å². The van der Waals surface area contributed by atoms with Gasteiger partial charge >= 0.3 is 0 Å². The minimum atomic E-state index is -0.470. The molecule has 0 radical (unpaired) electrons. The van der Waals surface area contributed by atoms with E-state index in [4.69, 9.17) is 5.11 Å². The average Bonchev–Trinajstić information content (AvgIpc) is 2.27. The molecule has 2 atom stereocenters. The van der Waals surface area contributed by atoms with Crippen molar-refractivity contribution in [2.75, 3.05) is 0 Å². The topological polar surface area (TPSA) is 49.3 Å². The Hall–Kier alpha value is -1.42. The van der Waals surface area contributed by atoms with Crippen LogP contribution >= 0.6 is 0 Å². The van der Waals surface area contributed by atoms with Crippen LogP contribution in [0, 0.1) is 5.82 Å². The van der Waals surface area contributed by atoms with Crippen LogP contribution in [0.15, 0.2) is 24.3 Å². The molecule has 0 saturated carbocycles. The highest BCUT2D eigenvalue weighted by atomic mass is 19.1. The maximum Gasteiger partial charge on any atom is 0.220 e. The van der Waals surface area contributed by atoms with Crippen molar-refractivity contribution < 1.29 is 14.3 Å². The third kappa shape index (κ3) is 4.95. The fourth-order valence-electron chi connectivity index (χ4n) is 1.49. The van der Waals surface area contributed by atoms with E-state index >= 15 is 0 Å². The standard InChI is InChI=1S/C13H18FNO2/c1-9(16)3-8-13(17)15-10(2)11-4-6-12(14)7-5-11/h4-7,9-10,16H,3,8H2,1-2H3,(H,15,17)/t9?,10-/m1/s1. The van der Waals surface area contributed by atoms with E-state index < -0.39 is 6.10 Å². The largest absolute Gasteiger partial charge is 0.393 e. The summed E-state index contributed by atoms with van der Waals surface area (Å²) in [7, 11) is 0. The Kier molecular flexibility index (Phi) is 5.10. The highest BCUT2D eigenvalue weighted by Gasteiger charge is 2.10. The van der Waals surface area contributed by atoms with Crippen molar-refractivity contribution in [2.24, 2.45) is 0 Å². The number of nitrogens with one attached hydrogen (secondary N) is 1. The van der Waals surface area contributed by atoms with E-state index in [1.165, 1.54) is 12.1 Å². The number of hydrogen-bond acceptors (Lipinski definition) is 2. The predicted octanol–water partition coefficient (Wildman–Crippen LogP) is 2.16. The second kappa shape index (κ2) is 6.35. The first-order valence-corrected chi connectivity index (χ1v) is 5.72. The van der Waals surface area contributed by atoms with Crippen LogP contribution in [0.25, 0.3) is 0 Å². The number of benzene rings is 1. The lowest BCUT2D eigenvalue weighted by Crippen LogP contribution is -2.27. The van der Waals surface area contributed by atoms with Crippen molar-refractivity contribution in [3.05, 3.63) is 35.6 Å². The summed E-state index contributed by atoms with van der Waals surface area (Å²) in [6, 6.07) is 5.88. The van der Waals surface area contributed by atoms with Crippen molar-refractivity contribution in [1.82, 2.24) is 5.32 Å². The molecule has 2 N–H and O–H groups in total. The molecule has 3 nitrogen and oxygen atoms in total. The Morgan fingerprint density at radius 1 is 1.35 bits per heavy atom. The zero-order valence-electron chi connectivity index (χ0n) is 10.1. The Bertz CT molecular complexity index is 362. The number of halogens is 1. The first-order valence-electron chi connectivity index (χ1n) is 5.72. The molecule has 17 heavy (non-hydrogen) atoms. The van der Waals surface area contributed by atoms with Gasteiger partial charge in [-0.15, -0.1) is 0 Å². The van der Waals surface area contributed by atoms with Gasteiger partial charge in [-0.2, -0.15) is 0 Å². The van der Waals surface area contributed by atoms with Crippen LogP contribution < -0.4 is 5.32 Å². The molecule has 1 aromatic rings. The minimum Gasteiger partial charge on any atom is -0.393 e. The molecule has 94 valence electrons. The molecule has 1 rings (SSSR count). The van der Waals surface area contributed by atoms with E-state index in [1.54, 1.807) is 19.1 Å². The Morgan fingerprint density at radius 3 is 2.47 bits per heavy atom. The number of hydrogen-bond donors (Lipinski definition) is 2. The van der Waals surface area contributed by atoms with Gasteiger partial charge in [-0.25, -0.2) is 4.39 Å². The van der Waals surface area contributed by atoms with Crippen LogP contribution in [0.4, 0.5) is 4.39 Å². The van der Waals surface area contributed by atoms with Gasteiger partial charge in [0.05, 0.1) is 12.1 Å². The molecular weight excluding hydrogens is 221 g/mol. The predicted molar refractivity (Wildman–Crippen MR) is 63.9 cm³/mol. The molecular formula is C13H18FNO2. The van der Waals surface area contributed by atoms with Gasteiger partial charge in [-0.05, 0) is 38.0 Å². The lowest BCUT2D eigenvalue weighted by Gasteiger charge is -2.14. The van der Waals surface area contributed by atoms with Gasteiger partial charge in [0.2, 0.25) is 5.91 Å². The van der Waals surface area contributed by atoms with Crippen LogP contribution in [0.2, 0.25) is 0 Å². The number of carbonyl (C=O) groups excluding carboxylic acids is 1. The van der Waals surface area contributed by atoms with Crippen molar-refractivity contribution in [1.29, 1.82) is 0 Å². The summed E-state index contributed by atoms with van der Waals surface area (Å²) in [5, 5.41) is 11.9. The molecule has 0 aliphatic rings. The van der Waals surface area contributed by atoms with Crippen molar-refractivity contribution >= 4 is 5.91 Å². The highest BCUT2D eigenvalue weighted by molar-refractivity contribution is 5.76. The normalized spacial score (nSPS) is 14.1. The highest BCUT2D eigenvalue weighted by Crippen LogP contribution is 2.13. The van der Waals surface area contributed by atoms with Crippen molar-refractivity contribution in [3.8, 4) is 0 Å². The van der Waals surface area contributed by atoms with Gasteiger partial charge in [-0.3, -0.25) is 4.79 Å². The molecule has 4 heteroatoms. The summed E-state index contributed by atoms with van der Waals surface area (Å²) in [5.74, 6) is -0.399. The molecule has 0 saturated heterocycles. The molecule has 0 aromatic heterocycles. The van der Waals surface area contributed by atoms with Crippen LogP contribution in [0.5, 0.6) is 0 Å². The van der Waals surface area contributed by atoms with Crippen LogP contribution in [0.1, 0.15) is 38.3 Å². The fourth-order valence-corrected chi connectivity index (χ4v) is 1.49. The molecule has 0 bridgehead atoms. The average molecular weight is 239 g/mol. The van der Waals surface area contributed by atoms with E-state index in [1.807, 2.05) is 6.92 Å². The van der Waals surface area contributed by atoms with E-state index in [2.05, 4.69) is 5.32 Å². The summed E-state index contributed by atoms with van der Waals surface area (Å²) < 4.78 is 12.7. The molecule has 0 aliphatic carbocycles. The number of carbonyl (C=O) groups is 1. The minimum absolute atomic E-state index is 0.109.